The zero-order chi connectivity index (χ0) is 14.8. The number of hydrogen-bond acceptors (Lipinski definition) is 2. The predicted octanol–water partition coefficient (Wildman–Crippen LogP) is -3.86. The van der Waals surface area contributed by atoms with Crippen molar-refractivity contribution in [1.29, 1.82) is 10.5 Å². The van der Waals surface area contributed by atoms with Gasteiger partial charge in [-0.1, -0.05) is 0 Å². The van der Waals surface area contributed by atoms with E-state index in [1.807, 2.05) is 0 Å². The van der Waals surface area contributed by atoms with Gasteiger partial charge in [0.1, 0.15) is 12.1 Å². The molecule has 21 heavy (non-hydrogen) atoms. The van der Waals surface area contributed by atoms with Gasteiger partial charge < -0.3 is 33.8 Å². The molecule has 4 nitrogen and oxygen atoms in total. The molecule has 0 aromatic rings. The molecule has 0 unspecified atom stereocenters. The van der Waals surface area contributed by atoms with E-state index in [1.54, 1.807) is 0 Å². The highest BCUT2D eigenvalue weighted by molar-refractivity contribution is 4.70. The van der Waals surface area contributed by atoms with Crippen molar-refractivity contribution in [3.63, 3.8) is 0 Å². The van der Waals surface area contributed by atoms with E-state index in [4.69, 9.17) is 10.5 Å². The number of halogens is 2. The molecule has 0 radical (unpaired) electrons. The third kappa shape index (κ3) is 7.88. The van der Waals surface area contributed by atoms with Crippen LogP contribution in [0.15, 0.2) is 0 Å². The first-order valence-corrected chi connectivity index (χ1v) is 7.51. The van der Waals surface area contributed by atoms with E-state index in [-0.39, 0.29) is 24.8 Å². The lowest BCUT2D eigenvalue weighted by Gasteiger charge is -2.38. The van der Waals surface area contributed by atoms with Crippen LogP contribution in [0, 0.1) is 22.7 Å². The Kier molecular flexibility index (Phi) is 15.9. The topological polar surface area (TPSA) is 47.6 Å². The van der Waals surface area contributed by atoms with Crippen LogP contribution in [0.25, 0.3) is 0 Å². The first-order chi connectivity index (χ1) is 9.07. The molecular formula is C15H30Cl2N4. The van der Waals surface area contributed by atoms with E-state index in [2.05, 4.69) is 39.8 Å². The third-order valence-corrected chi connectivity index (χ3v) is 4.76. The molecule has 0 amide bonds. The summed E-state index contributed by atoms with van der Waals surface area (Å²) in [5, 5.41) is 18.0. The van der Waals surface area contributed by atoms with Gasteiger partial charge >= 0.3 is 0 Å². The minimum absolute atomic E-state index is 0. The Hall–Kier alpha value is -0.520. The third-order valence-electron chi connectivity index (χ3n) is 4.76. The zero-order valence-electron chi connectivity index (χ0n) is 13.9. The van der Waals surface area contributed by atoms with Gasteiger partial charge in [-0.15, -0.1) is 0 Å². The zero-order valence-corrected chi connectivity index (χ0v) is 15.4. The van der Waals surface area contributed by atoms with Gasteiger partial charge in [-0.3, -0.25) is 0 Å². The number of rotatable bonds is 10. The first-order valence-electron chi connectivity index (χ1n) is 7.51. The summed E-state index contributed by atoms with van der Waals surface area (Å²) in [5.74, 6) is 0. The quantitative estimate of drug-likeness (QED) is 0.303. The molecule has 0 bridgehead atoms. The summed E-state index contributed by atoms with van der Waals surface area (Å²) in [5.41, 5.74) is 0. The molecular weight excluding hydrogens is 307 g/mol. The van der Waals surface area contributed by atoms with Crippen LogP contribution in [0.4, 0.5) is 0 Å². The maximum absolute atomic E-state index is 8.99. The molecule has 0 rings (SSSR count). The Morgan fingerprint density at radius 1 is 0.667 bits per heavy atom. The Morgan fingerprint density at radius 3 is 1.14 bits per heavy atom. The number of nitriles is 2. The van der Waals surface area contributed by atoms with Crippen molar-refractivity contribution in [2.75, 3.05) is 52.4 Å². The lowest BCUT2D eigenvalue weighted by atomic mass is 10.2. The lowest BCUT2D eigenvalue weighted by molar-refractivity contribution is -0.936. The van der Waals surface area contributed by atoms with Gasteiger partial charge in [0, 0.05) is 6.42 Å². The van der Waals surface area contributed by atoms with E-state index in [9.17, 15) is 0 Å². The molecule has 0 aliphatic rings. The van der Waals surface area contributed by atoms with E-state index in [0.717, 1.165) is 54.7 Å². The Bertz CT molecular complexity index is 294. The molecule has 0 saturated carbocycles. The second kappa shape index (κ2) is 13.2. The van der Waals surface area contributed by atoms with Gasteiger partial charge in [0.15, 0.2) is 13.1 Å². The van der Waals surface area contributed by atoms with Crippen LogP contribution < -0.4 is 24.8 Å². The lowest BCUT2D eigenvalue weighted by Crippen LogP contribution is -3.00. The molecule has 0 heterocycles. The number of quaternary nitrogens is 2. The van der Waals surface area contributed by atoms with Crippen molar-refractivity contribution < 1.29 is 33.8 Å². The van der Waals surface area contributed by atoms with Crippen LogP contribution in [-0.2, 0) is 0 Å². The monoisotopic (exact) mass is 336 g/mol. The highest BCUT2D eigenvalue weighted by atomic mass is 35.5. The van der Waals surface area contributed by atoms with E-state index in [0.29, 0.717) is 13.1 Å². The molecule has 0 aromatic carbocycles. The maximum atomic E-state index is 8.99. The van der Waals surface area contributed by atoms with Crippen molar-refractivity contribution in [2.45, 2.75) is 34.1 Å². The Labute approximate surface area is 143 Å². The molecule has 0 aromatic heterocycles. The average molecular weight is 337 g/mol. The maximum Gasteiger partial charge on any atom is 0.166 e. The number of hydrogen-bond donors (Lipinski definition) is 0. The van der Waals surface area contributed by atoms with Crippen LogP contribution in [0.3, 0.4) is 0 Å². The standard InChI is InChI=1S/C15H30N4.2ClH/c1-5-18(6-2,14-10-16)12-9-13-19(7-3,8-4)15-11-17;;/h5-9,12-15H2,1-4H3;2*1H/q+2;;/p-2. The SMILES string of the molecule is CC[N+](CC)(CC#N)CCC[N+](CC)(CC)CC#N.[Cl-].[Cl-]. The fourth-order valence-electron chi connectivity index (χ4n) is 2.73. The van der Waals surface area contributed by atoms with E-state index >= 15 is 0 Å². The fraction of sp³-hybridized carbons (Fsp3) is 0.867. The molecule has 0 fully saturated rings. The summed E-state index contributed by atoms with van der Waals surface area (Å²) in [6.07, 6.45) is 1.09. The molecule has 6 heteroatoms. The summed E-state index contributed by atoms with van der Waals surface area (Å²) in [4.78, 5) is 0. The minimum Gasteiger partial charge on any atom is -1.00 e. The smallest absolute Gasteiger partial charge is 0.166 e. The van der Waals surface area contributed by atoms with Gasteiger partial charge in [0.2, 0.25) is 0 Å². The van der Waals surface area contributed by atoms with Crippen LogP contribution in [0.5, 0.6) is 0 Å². The molecule has 0 N–H and O–H groups in total. The summed E-state index contributed by atoms with van der Waals surface area (Å²) >= 11 is 0. The summed E-state index contributed by atoms with van der Waals surface area (Å²) < 4.78 is 1.77. The molecule has 124 valence electrons. The van der Waals surface area contributed by atoms with Crippen molar-refractivity contribution >= 4 is 0 Å². The second-order valence-electron chi connectivity index (χ2n) is 5.38. The molecule has 0 aliphatic heterocycles. The van der Waals surface area contributed by atoms with Crippen LogP contribution in [-0.4, -0.2) is 61.3 Å². The van der Waals surface area contributed by atoms with Crippen molar-refractivity contribution in [3.05, 3.63) is 0 Å². The Balaban J connectivity index is -0.00000162. The van der Waals surface area contributed by atoms with Gasteiger partial charge in [0.25, 0.3) is 0 Å². The van der Waals surface area contributed by atoms with Crippen LogP contribution >= 0.6 is 0 Å². The normalized spacial score (nSPS) is 10.8. The minimum atomic E-state index is 0. The summed E-state index contributed by atoms with van der Waals surface area (Å²) in [7, 11) is 0. The van der Waals surface area contributed by atoms with Crippen molar-refractivity contribution in [2.24, 2.45) is 0 Å². The molecule has 0 spiro atoms. The van der Waals surface area contributed by atoms with Crippen molar-refractivity contribution in [1.82, 2.24) is 0 Å². The van der Waals surface area contributed by atoms with Gasteiger partial charge in [-0.05, 0) is 27.7 Å². The first kappa shape index (κ1) is 25.4. The van der Waals surface area contributed by atoms with Crippen LogP contribution in [0.1, 0.15) is 34.1 Å². The highest BCUT2D eigenvalue weighted by Gasteiger charge is 2.27. The van der Waals surface area contributed by atoms with Gasteiger partial charge in [0.05, 0.1) is 39.3 Å². The van der Waals surface area contributed by atoms with E-state index in [1.165, 1.54) is 0 Å². The van der Waals surface area contributed by atoms with Gasteiger partial charge in [-0.2, -0.15) is 10.5 Å². The summed E-state index contributed by atoms with van der Waals surface area (Å²) in [6.45, 7) is 16.0. The summed E-state index contributed by atoms with van der Waals surface area (Å²) in [6, 6.07) is 4.65. The van der Waals surface area contributed by atoms with Gasteiger partial charge in [-0.25, -0.2) is 0 Å². The van der Waals surface area contributed by atoms with E-state index < -0.39 is 0 Å². The highest BCUT2D eigenvalue weighted by Crippen LogP contribution is 2.12. The molecule has 0 atom stereocenters. The fourth-order valence-corrected chi connectivity index (χ4v) is 2.73. The van der Waals surface area contributed by atoms with Crippen molar-refractivity contribution in [3.8, 4) is 12.1 Å². The van der Waals surface area contributed by atoms with Crippen LogP contribution in [0.2, 0.25) is 0 Å². The average Bonchev–Trinajstić information content (AvgIpc) is 2.45. The predicted molar refractivity (Wildman–Crippen MR) is 78.0 cm³/mol. The second-order valence-corrected chi connectivity index (χ2v) is 5.38. The number of nitrogens with zero attached hydrogens (tertiary/aromatic N) is 4. The largest absolute Gasteiger partial charge is 1.00 e. The Morgan fingerprint density at radius 2 is 0.952 bits per heavy atom. The molecule has 0 aliphatic carbocycles. The molecule has 0 saturated heterocycles.